The number of aromatic nitrogens is 3. The fraction of sp³-hybridized carbons (Fsp3) is 0.786. The summed E-state index contributed by atoms with van der Waals surface area (Å²) in [6.07, 6.45) is 5.89. The Kier molecular flexibility index (Phi) is 5.55. The number of hydrogen-bond acceptors (Lipinski definition) is 7. The summed E-state index contributed by atoms with van der Waals surface area (Å²) in [5.41, 5.74) is 2.48. The number of rotatable bonds is 6. The van der Waals surface area contributed by atoms with E-state index < -0.39 is 0 Å². The molecule has 1 heterocycles. The predicted octanol–water partition coefficient (Wildman–Crippen LogP) is 1.96. The first kappa shape index (κ1) is 15.8. The van der Waals surface area contributed by atoms with Crippen molar-refractivity contribution < 1.29 is 4.74 Å². The molecular weight excluding hydrogens is 268 g/mol. The molecule has 118 valence electrons. The SMILES string of the molecule is CCCOc1nc(NN)nc(N(C)C2CCCCC2C)n1. The highest BCUT2D eigenvalue weighted by molar-refractivity contribution is 5.38. The van der Waals surface area contributed by atoms with Crippen LogP contribution in [-0.4, -0.2) is 34.6 Å². The van der Waals surface area contributed by atoms with Crippen LogP contribution in [0.4, 0.5) is 11.9 Å². The Labute approximate surface area is 126 Å². The van der Waals surface area contributed by atoms with Crippen molar-refractivity contribution in [1.29, 1.82) is 0 Å². The van der Waals surface area contributed by atoms with E-state index in [9.17, 15) is 0 Å². The van der Waals surface area contributed by atoms with Gasteiger partial charge in [0.05, 0.1) is 6.61 Å². The Hall–Kier alpha value is -1.63. The normalized spacial score (nSPS) is 21.9. The second kappa shape index (κ2) is 7.40. The zero-order valence-electron chi connectivity index (χ0n) is 13.2. The molecule has 1 saturated carbocycles. The van der Waals surface area contributed by atoms with Gasteiger partial charge in [-0.2, -0.15) is 15.0 Å². The zero-order chi connectivity index (χ0) is 15.2. The Bertz CT molecular complexity index is 455. The lowest BCUT2D eigenvalue weighted by Crippen LogP contribution is -2.40. The summed E-state index contributed by atoms with van der Waals surface area (Å²) in [5, 5.41) is 0. The van der Waals surface area contributed by atoms with E-state index in [2.05, 4.69) is 32.2 Å². The van der Waals surface area contributed by atoms with Crippen LogP contribution >= 0.6 is 0 Å². The van der Waals surface area contributed by atoms with Gasteiger partial charge in [-0.1, -0.05) is 26.7 Å². The van der Waals surface area contributed by atoms with Gasteiger partial charge in [-0.25, -0.2) is 5.84 Å². The van der Waals surface area contributed by atoms with Crippen molar-refractivity contribution >= 4 is 11.9 Å². The van der Waals surface area contributed by atoms with Gasteiger partial charge in [0.15, 0.2) is 0 Å². The van der Waals surface area contributed by atoms with Gasteiger partial charge < -0.3 is 9.64 Å². The minimum Gasteiger partial charge on any atom is -0.463 e. The lowest BCUT2D eigenvalue weighted by Gasteiger charge is -2.36. The molecule has 0 bridgehead atoms. The average Bonchev–Trinajstić information content (AvgIpc) is 2.52. The van der Waals surface area contributed by atoms with E-state index in [1.165, 1.54) is 25.7 Å². The van der Waals surface area contributed by atoms with E-state index in [1.54, 1.807) is 0 Å². The molecule has 21 heavy (non-hydrogen) atoms. The van der Waals surface area contributed by atoms with Gasteiger partial charge in [-0.15, -0.1) is 0 Å². The van der Waals surface area contributed by atoms with Gasteiger partial charge in [-0.05, 0) is 25.2 Å². The van der Waals surface area contributed by atoms with E-state index in [0.717, 1.165) is 6.42 Å². The number of nitrogen functional groups attached to an aromatic ring is 1. The average molecular weight is 294 g/mol. The van der Waals surface area contributed by atoms with Crippen LogP contribution in [0.3, 0.4) is 0 Å². The molecule has 2 unspecified atom stereocenters. The molecule has 1 aromatic heterocycles. The van der Waals surface area contributed by atoms with Crippen LogP contribution in [-0.2, 0) is 0 Å². The summed E-state index contributed by atoms with van der Waals surface area (Å²) in [6.45, 7) is 4.91. The van der Waals surface area contributed by atoms with Crippen molar-refractivity contribution in [3.05, 3.63) is 0 Å². The minimum atomic E-state index is 0.324. The summed E-state index contributed by atoms with van der Waals surface area (Å²) >= 11 is 0. The van der Waals surface area contributed by atoms with Crippen LogP contribution < -0.4 is 20.9 Å². The highest BCUT2D eigenvalue weighted by Gasteiger charge is 2.27. The summed E-state index contributed by atoms with van der Waals surface area (Å²) in [5.74, 6) is 7.03. The van der Waals surface area contributed by atoms with Crippen LogP contribution in [0.15, 0.2) is 0 Å². The van der Waals surface area contributed by atoms with Crippen LogP contribution in [0.1, 0.15) is 46.0 Å². The van der Waals surface area contributed by atoms with Gasteiger partial charge >= 0.3 is 6.01 Å². The Balaban J connectivity index is 2.19. The van der Waals surface area contributed by atoms with Crippen molar-refractivity contribution in [3.8, 4) is 6.01 Å². The van der Waals surface area contributed by atoms with E-state index in [0.29, 0.717) is 36.5 Å². The third-order valence-corrected chi connectivity index (χ3v) is 4.05. The molecule has 0 saturated heterocycles. The van der Waals surface area contributed by atoms with Crippen molar-refractivity contribution in [2.75, 3.05) is 24.0 Å². The second-order valence-electron chi connectivity index (χ2n) is 5.67. The van der Waals surface area contributed by atoms with Gasteiger partial charge in [0, 0.05) is 13.1 Å². The number of nitrogens with two attached hydrogens (primary N) is 1. The summed E-state index contributed by atoms with van der Waals surface area (Å²) < 4.78 is 5.52. The standard InChI is InChI=1S/C14H26N6O/c1-4-9-21-14-17-12(19-15)16-13(18-14)20(3)11-8-6-5-7-10(11)2/h10-11H,4-9,15H2,1-3H3,(H,16,17,18,19). The number of hydrazine groups is 1. The summed E-state index contributed by atoms with van der Waals surface area (Å²) in [6, 6.07) is 0.774. The molecule has 0 spiro atoms. The summed E-state index contributed by atoms with van der Waals surface area (Å²) in [7, 11) is 2.03. The van der Waals surface area contributed by atoms with Crippen molar-refractivity contribution in [2.45, 2.75) is 52.0 Å². The fourth-order valence-corrected chi connectivity index (χ4v) is 2.85. The number of anilines is 2. The maximum absolute atomic E-state index is 5.52. The Morgan fingerprint density at radius 1 is 1.29 bits per heavy atom. The van der Waals surface area contributed by atoms with E-state index in [-0.39, 0.29) is 0 Å². The van der Waals surface area contributed by atoms with Gasteiger partial charge in [0.25, 0.3) is 0 Å². The quantitative estimate of drug-likeness (QED) is 0.612. The molecular formula is C14H26N6O. The molecule has 1 fully saturated rings. The van der Waals surface area contributed by atoms with Gasteiger partial charge in [0.2, 0.25) is 11.9 Å². The largest absolute Gasteiger partial charge is 0.463 e. The molecule has 0 aliphatic heterocycles. The highest BCUT2D eigenvalue weighted by atomic mass is 16.5. The van der Waals surface area contributed by atoms with Crippen LogP contribution in [0.2, 0.25) is 0 Å². The molecule has 2 atom stereocenters. The molecule has 7 nitrogen and oxygen atoms in total. The zero-order valence-corrected chi connectivity index (χ0v) is 13.2. The van der Waals surface area contributed by atoms with Crippen molar-refractivity contribution in [2.24, 2.45) is 11.8 Å². The number of ether oxygens (including phenoxy) is 1. The molecule has 1 aliphatic carbocycles. The van der Waals surface area contributed by atoms with Crippen LogP contribution in [0.5, 0.6) is 6.01 Å². The third kappa shape index (κ3) is 3.93. The Morgan fingerprint density at radius 3 is 2.71 bits per heavy atom. The first-order valence-electron chi connectivity index (χ1n) is 7.74. The minimum absolute atomic E-state index is 0.324. The van der Waals surface area contributed by atoms with Crippen LogP contribution in [0, 0.1) is 5.92 Å². The third-order valence-electron chi connectivity index (χ3n) is 4.05. The number of nitrogens with zero attached hydrogens (tertiary/aromatic N) is 4. The van der Waals surface area contributed by atoms with Crippen molar-refractivity contribution in [1.82, 2.24) is 15.0 Å². The monoisotopic (exact) mass is 294 g/mol. The molecule has 7 heteroatoms. The highest BCUT2D eigenvalue weighted by Crippen LogP contribution is 2.29. The smallest absolute Gasteiger partial charge is 0.323 e. The topological polar surface area (TPSA) is 89.2 Å². The summed E-state index contributed by atoms with van der Waals surface area (Å²) in [4.78, 5) is 15.0. The van der Waals surface area contributed by atoms with Crippen molar-refractivity contribution in [3.63, 3.8) is 0 Å². The lowest BCUT2D eigenvalue weighted by molar-refractivity contribution is 0.289. The molecule has 1 aromatic rings. The van der Waals surface area contributed by atoms with E-state index >= 15 is 0 Å². The predicted molar refractivity (Wildman–Crippen MR) is 83.2 cm³/mol. The maximum Gasteiger partial charge on any atom is 0.323 e. The number of hydrogen-bond donors (Lipinski definition) is 2. The Morgan fingerprint density at radius 2 is 2.05 bits per heavy atom. The van der Waals surface area contributed by atoms with Crippen LogP contribution in [0.25, 0.3) is 0 Å². The van der Waals surface area contributed by atoms with E-state index in [4.69, 9.17) is 10.6 Å². The molecule has 3 N–H and O–H groups in total. The molecule has 0 radical (unpaired) electrons. The van der Waals surface area contributed by atoms with E-state index in [1.807, 2.05) is 14.0 Å². The lowest BCUT2D eigenvalue weighted by atomic mass is 9.85. The van der Waals surface area contributed by atoms with Gasteiger partial charge in [0.1, 0.15) is 0 Å². The molecule has 1 aliphatic rings. The fourth-order valence-electron chi connectivity index (χ4n) is 2.85. The first-order valence-corrected chi connectivity index (χ1v) is 7.74. The molecule has 2 rings (SSSR count). The van der Waals surface area contributed by atoms with Gasteiger partial charge in [-0.3, -0.25) is 5.43 Å². The number of nitrogens with one attached hydrogen (secondary N) is 1. The molecule has 0 aromatic carbocycles. The maximum atomic E-state index is 5.52. The first-order chi connectivity index (χ1) is 10.2. The second-order valence-corrected chi connectivity index (χ2v) is 5.67. The molecule has 0 amide bonds.